The summed E-state index contributed by atoms with van der Waals surface area (Å²) in [7, 11) is -2.15. The van der Waals surface area contributed by atoms with Gasteiger partial charge in [-0.25, -0.2) is 8.42 Å². The zero-order valence-electron chi connectivity index (χ0n) is 16.4. The van der Waals surface area contributed by atoms with Gasteiger partial charge in [-0.3, -0.25) is 14.9 Å². The molecule has 0 saturated carbocycles. The van der Waals surface area contributed by atoms with E-state index in [0.717, 1.165) is 0 Å². The van der Waals surface area contributed by atoms with Crippen LogP contribution in [-0.2, 0) is 25.9 Å². The number of aromatic nitrogens is 1. The van der Waals surface area contributed by atoms with E-state index in [1.807, 2.05) is 0 Å². The molecule has 3 aromatic rings. The Morgan fingerprint density at radius 2 is 1.97 bits per heavy atom. The molecule has 12 heteroatoms. The molecule has 164 valence electrons. The van der Waals surface area contributed by atoms with E-state index in [-0.39, 0.29) is 17.0 Å². The van der Waals surface area contributed by atoms with Crippen molar-refractivity contribution in [2.75, 3.05) is 19.5 Å². The summed E-state index contributed by atoms with van der Waals surface area (Å²) in [4.78, 5) is 27.5. The second kappa shape index (κ2) is 9.69. The van der Waals surface area contributed by atoms with E-state index < -0.39 is 26.4 Å². The van der Waals surface area contributed by atoms with E-state index in [4.69, 9.17) is 16.3 Å². The minimum Gasteiger partial charge on any atom is -0.383 e. The number of benzene rings is 2. The fourth-order valence-corrected chi connectivity index (χ4v) is 5.21. The molecule has 1 amide bonds. The summed E-state index contributed by atoms with van der Waals surface area (Å²) < 4.78 is 32.3. The average Bonchev–Trinajstić information content (AvgIpc) is 3.07. The molecule has 0 aliphatic rings. The largest absolute Gasteiger partial charge is 0.383 e. The molecule has 2 aromatic carbocycles. The molecule has 0 radical (unpaired) electrons. The Bertz CT molecular complexity index is 1300. The van der Waals surface area contributed by atoms with E-state index >= 15 is 0 Å². The van der Waals surface area contributed by atoms with Crippen LogP contribution in [0.1, 0.15) is 6.42 Å². The van der Waals surface area contributed by atoms with Crippen LogP contribution in [0.25, 0.3) is 10.2 Å². The van der Waals surface area contributed by atoms with Gasteiger partial charge in [0.2, 0.25) is 5.91 Å². The molecule has 0 unspecified atom stereocenters. The zero-order valence-corrected chi connectivity index (χ0v) is 18.7. The highest BCUT2D eigenvalue weighted by Gasteiger charge is 2.17. The van der Waals surface area contributed by atoms with Gasteiger partial charge >= 0.3 is 0 Å². The van der Waals surface area contributed by atoms with E-state index in [0.29, 0.717) is 33.2 Å². The lowest BCUT2D eigenvalue weighted by molar-refractivity contribution is -0.384. The van der Waals surface area contributed by atoms with Crippen molar-refractivity contribution in [1.29, 1.82) is 0 Å². The van der Waals surface area contributed by atoms with E-state index in [9.17, 15) is 23.3 Å². The van der Waals surface area contributed by atoms with Gasteiger partial charge in [0.05, 0.1) is 32.4 Å². The van der Waals surface area contributed by atoms with Gasteiger partial charge in [0.1, 0.15) is 0 Å². The summed E-state index contributed by atoms with van der Waals surface area (Å²) in [6, 6.07) is 10.1. The molecule has 31 heavy (non-hydrogen) atoms. The minimum absolute atomic E-state index is 0.0778. The number of hydrogen-bond acceptors (Lipinski definition) is 7. The van der Waals surface area contributed by atoms with Crippen LogP contribution >= 0.6 is 22.9 Å². The van der Waals surface area contributed by atoms with Crippen LogP contribution in [0.3, 0.4) is 0 Å². The van der Waals surface area contributed by atoms with Crippen LogP contribution < -0.4 is 4.80 Å². The van der Waals surface area contributed by atoms with Gasteiger partial charge in [-0.05, 0) is 30.3 Å². The number of carbonyl (C=O) groups excluding carboxylic acids is 1. The number of nitro groups is 1. The number of methoxy groups -OCH3 is 1. The van der Waals surface area contributed by atoms with E-state index in [2.05, 4.69) is 4.99 Å². The summed E-state index contributed by atoms with van der Waals surface area (Å²) in [5.41, 5.74) is 0.472. The number of thiazole rings is 1. The zero-order chi connectivity index (χ0) is 22.6. The Hall–Kier alpha value is -2.60. The third kappa shape index (κ3) is 5.56. The fourth-order valence-electron chi connectivity index (χ4n) is 2.80. The predicted molar refractivity (Wildman–Crippen MR) is 117 cm³/mol. The molecule has 0 spiro atoms. The van der Waals surface area contributed by atoms with Crippen LogP contribution in [-0.4, -0.2) is 43.3 Å². The molecule has 0 fully saturated rings. The van der Waals surface area contributed by atoms with Crippen LogP contribution in [0.2, 0.25) is 5.02 Å². The van der Waals surface area contributed by atoms with Gasteiger partial charge in [-0.2, -0.15) is 4.99 Å². The normalized spacial score (nSPS) is 12.4. The number of amides is 1. The predicted octanol–water partition coefficient (Wildman–Crippen LogP) is 3.20. The second-order valence-corrected chi connectivity index (χ2v) is 10.0. The number of carbonyl (C=O) groups is 1. The molecular weight excluding hydrogens is 466 g/mol. The van der Waals surface area contributed by atoms with Crippen LogP contribution in [0.4, 0.5) is 5.69 Å². The van der Waals surface area contributed by atoms with Gasteiger partial charge in [0.15, 0.2) is 14.6 Å². The third-order valence-corrected chi connectivity index (χ3v) is 7.42. The second-order valence-electron chi connectivity index (χ2n) is 6.47. The first kappa shape index (κ1) is 23.1. The quantitative estimate of drug-likeness (QED) is 0.358. The highest BCUT2D eigenvalue weighted by atomic mass is 35.5. The van der Waals surface area contributed by atoms with Crippen molar-refractivity contribution in [3.05, 3.63) is 62.4 Å². The van der Waals surface area contributed by atoms with Crippen molar-refractivity contribution in [3.8, 4) is 0 Å². The van der Waals surface area contributed by atoms with Crippen LogP contribution in [0, 0.1) is 10.1 Å². The number of nitrogens with zero attached hydrogens (tertiary/aromatic N) is 3. The summed E-state index contributed by atoms with van der Waals surface area (Å²) in [6.45, 7) is 0.633. The summed E-state index contributed by atoms with van der Waals surface area (Å²) in [6.07, 6.45) is -0.302. The first-order valence-corrected chi connectivity index (χ1v) is 11.9. The summed E-state index contributed by atoms with van der Waals surface area (Å²) in [5.74, 6) is -1.00. The summed E-state index contributed by atoms with van der Waals surface area (Å²) in [5, 5.41) is 11.5. The van der Waals surface area contributed by atoms with Crippen molar-refractivity contribution < 1.29 is 22.9 Å². The third-order valence-electron chi connectivity index (χ3n) is 4.37. The SMILES string of the molecule is COCCn1c(=NC(=O)CCS(=O)(=O)c2ccc(Cl)cc2)sc2ccc([N+](=O)[O-])cc21. The van der Waals surface area contributed by atoms with Crippen molar-refractivity contribution >= 4 is 54.6 Å². The Morgan fingerprint density at radius 3 is 2.61 bits per heavy atom. The highest BCUT2D eigenvalue weighted by Crippen LogP contribution is 2.23. The topological polar surface area (TPSA) is 121 Å². The standard InChI is InChI=1S/C19H18ClN3O6S2/c1-29-10-9-22-16-12-14(23(25)26)4-7-17(16)30-19(22)21-18(24)8-11-31(27,28)15-5-2-13(20)3-6-15/h2-7,12H,8-11H2,1H3. The molecule has 0 aliphatic carbocycles. The van der Waals surface area contributed by atoms with E-state index in [1.165, 1.54) is 54.8 Å². The van der Waals surface area contributed by atoms with Crippen LogP contribution in [0.15, 0.2) is 52.4 Å². The number of nitro benzene ring substituents is 1. The average molecular weight is 484 g/mol. The fraction of sp³-hybridized carbons (Fsp3) is 0.263. The smallest absolute Gasteiger partial charge is 0.271 e. The maximum atomic E-state index is 12.4. The Morgan fingerprint density at radius 1 is 1.26 bits per heavy atom. The minimum atomic E-state index is -3.67. The number of rotatable bonds is 8. The lowest BCUT2D eigenvalue weighted by Crippen LogP contribution is -2.20. The van der Waals surface area contributed by atoms with Crippen molar-refractivity contribution in [1.82, 2.24) is 4.57 Å². The van der Waals surface area contributed by atoms with Gasteiger partial charge in [-0.15, -0.1) is 0 Å². The lowest BCUT2D eigenvalue weighted by Gasteiger charge is -2.04. The molecular formula is C19H18ClN3O6S2. The highest BCUT2D eigenvalue weighted by molar-refractivity contribution is 7.91. The maximum absolute atomic E-state index is 12.4. The Balaban J connectivity index is 1.88. The molecule has 1 heterocycles. The Kier molecular flexibility index (Phi) is 7.21. The van der Waals surface area contributed by atoms with Gasteiger partial charge in [0, 0.05) is 37.2 Å². The van der Waals surface area contributed by atoms with Crippen molar-refractivity contribution in [2.45, 2.75) is 17.9 Å². The number of ether oxygens (including phenoxy) is 1. The van der Waals surface area contributed by atoms with Crippen LogP contribution in [0.5, 0.6) is 0 Å². The van der Waals surface area contributed by atoms with Crippen molar-refractivity contribution in [3.63, 3.8) is 0 Å². The molecule has 1 aromatic heterocycles. The molecule has 0 bridgehead atoms. The van der Waals surface area contributed by atoms with Crippen molar-refractivity contribution in [2.24, 2.45) is 4.99 Å². The summed E-state index contributed by atoms with van der Waals surface area (Å²) >= 11 is 6.97. The number of non-ortho nitro benzene ring substituents is 1. The van der Waals surface area contributed by atoms with Gasteiger partial charge < -0.3 is 9.30 Å². The number of halogens is 1. The van der Waals surface area contributed by atoms with Gasteiger partial charge in [0.25, 0.3) is 5.69 Å². The lowest BCUT2D eigenvalue weighted by atomic mass is 10.3. The first-order chi connectivity index (χ1) is 14.7. The Labute approximate surface area is 186 Å². The van der Waals surface area contributed by atoms with Gasteiger partial charge in [-0.1, -0.05) is 22.9 Å². The molecule has 0 saturated heterocycles. The maximum Gasteiger partial charge on any atom is 0.271 e. The molecule has 3 rings (SSSR count). The number of sulfone groups is 1. The molecule has 0 atom stereocenters. The number of fused-ring (bicyclic) bond motifs is 1. The number of hydrogen-bond donors (Lipinski definition) is 0. The monoisotopic (exact) mass is 483 g/mol. The van der Waals surface area contributed by atoms with E-state index in [1.54, 1.807) is 10.6 Å². The molecule has 0 aliphatic heterocycles. The molecule has 9 nitrogen and oxygen atoms in total. The first-order valence-electron chi connectivity index (χ1n) is 9.04. The molecule has 0 N–H and O–H groups in total.